The number of H-pyrrole nitrogens is 1. The van der Waals surface area contributed by atoms with Crippen molar-refractivity contribution in [3.63, 3.8) is 0 Å². The van der Waals surface area contributed by atoms with E-state index in [4.69, 9.17) is 4.42 Å². The van der Waals surface area contributed by atoms with Gasteiger partial charge in [-0.25, -0.2) is 26.4 Å². The molecule has 14 heteroatoms. The SMILES string of the molecule is O=c1[nH]c2ccc(S(=O)(=O)Nc3ccc(S(=O)(=O)NCC(F)(F)F)cc3)cc2o1. The molecule has 0 aliphatic heterocycles. The summed E-state index contributed by atoms with van der Waals surface area (Å²) >= 11 is 0. The molecular weight excluding hydrogens is 439 g/mol. The molecule has 156 valence electrons. The summed E-state index contributed by atoms with van der Waals surface area (Å²) in [6.07, 6.45) is -4.72. The van der Waals surface area contributed by atoms with Crippen LogP contribution in [0.25, 0.3) is 11.1 Å². The van der Waals surface area contributed by atoms with Gasteiger partial charge < -0.3 is 4.42 Å². The summed E-state index contributed by atoms with van der Waals surface area (Å²) in [4.78, 5) is 12.8. The fourth-order valence-electron chi connectivity index (χ4n) is 2.27. The maximum absolute atomic E-state index is 12.5. The Labute approximate surface area is 161 Å². The van der Waals surface area contributed by atoms with Gasteiger partial charge in [0.25, 0.3) is 10.0 Å². The van der Waals surface area contributed by atoms with Gasteiger partial charge in [0, 0.05) is 11.8 Å². The molecule has 0 saturated heterocycles. The Morgan fingerprint density at radius 3 is 2.17 bits per heavy atom. The number of nitrogens with one attached hydrogen (secondary N) is 3. The number of anilines is 1. The number of aromatic amines is 1. The molecule has 2 aromatic carbocycles. The molecule has 0 aliphatic rings. The van der Waals surface area contributed by atoms with Crippen LogP contribution < -0.4 is 15.2 Å². The van der Waals surface area contributed by atoms with E-state index in [1.807, 2.05) is 0 Å². The number of benzene rings is 2. The number of alkyl halides is 3. The van der Waals surface area contributed by atoms with Gasteiger partial charge in [0.2, 0.25) is 10.0 Å². The molecule has 0 bridgehead atoms. The number of oxazole rings is 1. The molecule has 29 heavy (non-hydrogen) atoms. The molecule has 1 aromatic heterocycles. The second-order valence-electron chi connectivity index (χ2n) is 5.74. The third-order valence-electron chi connectivity index (χ3n) is 3.58. The highest BCUT2D eigenvalue weighted by atomic mass is 32.2. The lowest BCUT2D eigenvalue weighted by Crippen LogP contribution is -2.33. The van der Waals surface area contributed by atoms with Crippen LogP contribution in [0, 0.1) is 0 Å². The normalized spacial score (nSPS) is 12.9. The molecule has 1 heterocycles. The van der Waals surface area contributed by atoms with Crippen LogP contribution in [0.5, 0.6) is 0 Å². The van der Waals surface area contributed by atoms with E-state index >= 15 is 0 Å². The third kappa shape index (κ3) is 4.96. The van der Waals surface area contributed by atoms with Gasteiger partial charge >= 0.3 is 11.9 Å². The average Bonchev–Trinajstić information content (AvgIpc) is 2.99. The lowest BCUT2D eigenvalue weighted by molar-refractivity contribution is -0.121. The van der Waals surface area contributed by atoms with Crippen LogP contribution in [-0.4, -0.2) is 34.5 Å². The third-order valence-corrected chi connectivity index (χ3v) is 6.38. The van der Waals surface area contributed by atoms with Gasteiger partial charge in [-0.15, -0.1) is 0 Å². The number of sulfonamides is 2. The topological polar surface area (TPSA) is 138 Å². The van der Waals surface area contributed by atoms with Crippen molar-refractivity contribution in [3.05, 3.63) is 53.0 Å². The highest BCUT2D eigenvalue weighted by Crippen LogP contribution is 2.21. The summed E-state index contributed by atoms with van der Waals surface area (Å²) in [7, 11) is -8.53. The molecule has 0 amide bonds. The van der Waals surface area contributed by atoms with Crippen LogP contribution in [0.3, 0.4) is 0 Å². The van der Waals surface area contributed by atoms with Gasteiger partial charge in [-0.3, -0.25) is 9.71 Å². The lowest BCUT2D eigenvalue weighted by Gasteiger charge is -2.11. The summed E-state index contributed by atoms with van der Waals surface area (Å²) in [5, 5.41) is 0. The van der Waals surface area contributed by atoms with E-state index < -0.39 is 43.4 Å². The standard InChI is InChI=1S/C15H12F3N3O6S2/c16-15(17,18)8-19-28(23,24)10-3-1-9(2-4-10)21-29(25,26)11-5-6-12-13(7-11)27-14(22)20-12/h1-7,19,21H,8H2,(H,20,22). The Balaban J connectivity index is 1.79. The van der Waals surface area contributed by atoms with Crippen molar-refractivity contribution in [1.29, 1.82) is 0 Å². The quantitative estimate of drug-likeness (QED) is 0.522. The molecule has 0 saturated carbocycles. The molecule has 0 fully saturated rings. The van der Waals surface area contributed by atoms with Crippen LogP contribution in [0.15, 0.2) is 61.5 Å². The van der Waals surface area contributed by atoms with E-state index in [0.29, 0.717) is 5.52 Å². The second-order valence-corrected chi connectivity index (χ2v) is 9.19. The number of hydrogen-bond donors (Lipinski definition) is 3. The van der Waals surface area contributed by atoms with Crippen LogP contribution >= 0.6 is 0 Å². The van der Waals surface area contributed by atoms with E-state index in [2.05, 4.69) is 9.71 Å². The van der Waals surface area contributed by atoms with Crippen molar-refractivity contribution in [2.75, 3.05) is 11.3 Å². The molecule has 3 rings (SSSR count). The van der Waals surface area contributed by atoms with E-state index in [0.717, 1.165) is 30.3 Å². The smallest absolute Gasteiger partial charge is 0.408 e. The van der Waals surface area contributed by atoms with Gasteiger partial charge in [0.15, 0.2) is 5.58 Å². The van der Waals surface area contributed by atoms with Crippen molar-refractivity contribution in [1.82, 2.24) is 9.71 Å². The van der Waals surface area contributed by atoms with Crippen molar-refractivity contribution in [2.45, 2.75) is 16.0 Å². The van der Waals surface area contributed by atoms with Crippen LogP contribution in [0.1, 0.15) is 0 Å². The molecule has 9 nitrogen and oxygen atoms in total. The molecule has 0 spiro atoms. The first-order chi connectivity index (χ1) is 13.4. The zero-order valence-corrected chi connectivity index (χ0v) is 15.8. The fraction of sp³-hybridized carbons (Fsp3) is 0.133. The van der Waals surface area contributed by atoms with Crippen LogP contribution in [0.2, 0.25) is 0 Å². The number of aromatic nitrogens is 1. The van der Waals surface area contributed by atoms with Gasteiger partial charge in [-0.1, -0.05) is 0 Å². The minimum atomic E-state index is -4.72. The highest BCUT2D eigenvalue weighted by Gasteiger charge is 2.30. The summed E-state index contributed by atoms with van der Waals surface area (Å²) in [5.74, 6) is -0.751. The number of hydrogen-bond acceptors (Lipinski definition) is 6. The molecule has 3 aromatic rings. The second kappa shape index (κ2) is 7.20. The Bertz CT molecular complexity index is 1310. The van der Waals surface area contributed by atoms with Crippen LogP contribution in [-0.2, 0) is 20.0 Å². The minimum absolute atomic E-state index is 0.0232. The van der Waals surface area contributed by atoms with Crippen molar-refractivity contribution < 1.29 is 34.4 Å². The Morgan fingerprint density at radius 1 is 0.931 bits per heavy atom. The Kier molecular flexibility index (Phi) is 5.19. The number of rotatable bonds is 6. The van der Waals surface area contributed by atoms with E-state index in [-0.39, 0.29) is 16.2 Å². The van der Waals surface area contributed by atoms with Gasteiger partial charge in [0.05, 0.1) is 15.3 Å². The predicted octanol–water partition coefficient (Wildman–Crippen LogP) is 1.76. The molecule has 0 unspecified atom stereocenters. The fourth-order valence-corrected chi connectivity index (χ4v) is 4.36. The number of halogens is 3. The minimum Gasteiger partial charge on any atom is -0.408 e. The van der Waals surface area contributed by atoms with Gasteiger partial charge in [0.1, 0.15) is 6.54 Å². The first kappa shape index (κ1) is 20.9. The van der Waals surface area contributed by atoms with E-state index in [9.17, 15) is 34.8 Å². The highest BCUT2D eigenvalue weighted by molar-refractivity contribution is 7.92. The lowest BCUT2D eigenvalue weighted by atomic mass is 10.3. The molecule has 0 atom stereocenters. The number of fused-ring (bicyclic) bond motifs is 1. The van der Waals surface area contributed by atoms with Gasteiger partial charge in [-0.05, 0) is 36.4 Å². The molecule has 0 aliphatic carbocycles. The first-order valence-electron chi connectivity index (χ1n) is 7.68. The predicted molar refractivity (Wildman–Crippen MR) is 95.3 cm³/mol. The Morgan fingerprint density at radius 2 is 1.55 bits per heavy atom. The summed E-state index contributed by atoms with van der Waals surface area (Å²) in [6.45, 7) is -1.73. The maximum atomic E-state index is 12.5. The summed E-state index contributed by atoms with van der Waals surface area (Å²) in [6, 6.07) is 7.72. The summed E-state index contributed by atoms with van der Waals surface area (Å²) < 4.78 is 93.5. The Hall–Kier alpha value is -2.84. The van der Waals surface area contributed by atoms with E-state index in [1.165, 1.54) is 16.9 Å². The first-order valence-corrected chi connectivity index (χ1v) is 10.6. The maximum Gasteiger partial charge on any atom is 0.417 e. The van der Waals surface area contributed by atoms with Crippen molar-refractivity contribution in [2.24, 2.45) is 0 Å². The van der Waals surface area contributed by atoms with E-state index in [1.54, 1.807) is 0 Å². The molecular formula is C15H12F3N3O6S2. The molecule has 3 N–H and O–H groups in total. The molecule has 0 radical (unpaired) electrons. The van der Waals surface area contributed by atoms with Crippen molar-refractivity contribution in [3.8, 4) is 0 Å². The monoisotopic (exact) mass is 451 g/mol. The van der Waals surface area contributed by atoms with Gasteiger partial charge in [-0.2, -0.15) is 13.2 Å². The average molecular weight is 451 g/mol. The zero-order valence-electron chi connectivity index (χ0n) is 14.1. The van der Waals surface area contributed by atoms with Crippen molar-refractivity contribution >= 4 is 36.8 Å². The zero-order chi connectivity index (χ0) is 21.4. The largest absolute Gasteiger partial charge is 0.417 e. The van der Waals surface area contributed by atoms with Crippen LogP contribution in [0.4, 0.5) is 18.9 Å². The summed E-state index contributed by atoms with van der Waals surface area (Å²) in [5.41, 5.74) is 0.292.